The molecule has 1 unspecified atom stereocenters. The summed E-state index contributed by atoms with van der Waals surface area (Å²) < 4.78 is 14.0. The molecule has 1 aromatic carbocycles. The number of aliphatic imine (C=N–C) groups is 1. The molecule has 1 atom stereocenters. The minimum Gasteiger partial charge on any atom is -0.355 e. The summed E-state index contributed by atoms with van der Waals surface area (Å²) in [6.45, 7) is 5.92. The molecule has 1 fully saturated rings. The van der Waals surface area contributed by atoms with Crippen LogP contribution < -0.4 is 10.6 Å². The smallest absolute Gasteiger partial charge is 0.191 e. The maximum absolute atomic E-state index is 13.5. The van der Waals surface area contributed by atoms with Gasteiger partial charge in [0.15, 0.2) is 5.96 Å². The Morgan fingerprint density at radius 1 is 1.45 bits per heavy atom. The summed E-state index contributed by atoms with van der Waals surface area (Å²) in [5, 5.41) is 6.59. The van der Waals surface area contributed by atoms with Crippen molar-refractivity contribution < 1.29 is 4.39 Å². The van der Waals surface area contributed by atoms with Crippen molar-refractivity contribution in [2.45, 2.75) is 32.4 Å². The minimum atomic E-state index is -0.244. The highest BCUT2D eigenvalue weighted by atomic mass is 79.9. The lowest BCUT2D eigenvalue weighted by Crippen LogP contribution is -2.44. The van der Waals surface area contributed by atoms with Crippen molar-refractivity contribution in [2.75, 3.05) is 26.7 Å². The summed E-state index contributed by atoms with van der Waals surface area (Å²) in [7, 11) is 1.75. The number of benzene rings is 1. The van der Waals surface area contributed by atoms with Crippen LogP contribution in [-0.4, -0.2) is 43.6 Å². The Morgan fingerprint density at radius 2 is 2.27 bits per heavy atom. The summed E-state index contributed by atoms with van der Waals surface area (Å²) in [5.74, 6) is 0.512. The predicted octanol–water partition coefficient (Wildman–Crippen LogP) is 2.74. The minimum absolute atomic E-state index is 0.244. The quantitative estimate of drug-likeness (QED) is 0.618. The molecule has 1 aromatic rings. The zero-order chi connectivity index (χ0) is 15.9. The Morgan fingerprint density at radius 3 is 2.95 bits per heavy atom. The van der Waals surface area contributed by atoms with Crippen LogP contribution in [0, 0.1) is 5.82 Å². The SMILES string of the molecule is CCN1CCCC1CNC(=NC)NCc1ccc(Br)c(F)c1. The molecule has 1 heterocycles. The normalized spacial score (nSPS) is 19.5. The molecule has 0 bridgehead atoms. The summed E-state index contributed by atoms with van der Waals surface area (Å²) in [6.07, 6.45) is 2.50. The van der Waals surface area contributed by atoms with Crippen molar-refractivity contribution in [1.82, 2.24) is 15.5 Å². The van der Waals surface area contributed by atoms with E-state index in [-0.39, 0.29) is 5.82 Å². The van der Waals surface area contributed by atoms with Crippen molar-refractivity contribution in [3.05, 3.63) is 34.1 Å². The second-order valence-electron chi connectivity index (χ2n) is 5.48. The predicted molar refractivity (Wildman–Crippen MR) is 92.6 cm³/mol. The van der Waals surface area contributed by atoms with Gasteiger partial charge in [-0.25, -0.2) is 4.39 Å². The number of rotatable bonds is 5. The number of hydrogen-bond acceptors (Lipinski definition) is 2. The molecule has 0 amide bonds. The Labute approximate surface area is 140 Å². The number of nitrogens with zero attached hydrogens (tertiary/aromatic N) is 2. The monoisotopic (exact) mass is 370 g/mol. The van der Waals surface area contributed by atoms with E-state index >= 15 is 0 Å². The number of nitrogens with one attached hydrogen (secondary N) is 2. The van der Waals surface area contributed by atoms with Gasteiger partial charge < -0.3 is 10.6 Å². The molecule has 1 aliphatic rings. The number of guanidine groups is 1. The van der Waals surface area contributed by atoms with E-state index in [1.54, 1.807) is 13.1 Å². The Hall–Kier alpha value is -1.14. The third kappa shape index (κ3) is 4.68. The van der Waals surface area contributed by atoms with Crippen molar-refractivity contribution in [1.29, 1.82) is 0 Å². The molecule has 2 rings (SSSR count). The third-order valence-corrected chi connectivity index (χ3v) is 4.72. The first-order chi connectivity index (χ1) is 10.6. The van der Waals surface area contributed by atoms with E-state index in [9.17, 15) is 4.39 Å². The summed E-state index contributed by atoms with van der Waals surface area (Å²) in [6, 6.07) is 5.72. The van der Waals surface area contributed by atoms with Crippen LogP contribution in [0.4, 0.5) is 4.39 Å². The average molecular weight is 371 g/mol. The van der Waals surface area contributed by atoms with E-state index in [0.29, 0.717) is 17.1 Å². The topological polar surface area (TPSA) is 39.7 Å². The van der Waals surface area contributed by atoms with Crippen LogP contribution in [-0.2, 0) is 6.54 Å². The summed E-state index contributed by atoms with van der Waals surface area (Å²) >= 11 is 3.16. The molecule has 22 heavy (non-hydrogen) atoms. The van der Waals surface area contributed by atoms with Crippen LogP contribution in [0.25, 0.3) is 0 Å². The summed E-state index contributed by atoms with van der Waals surface area (Å²) in [5.41, 5.74) is 0.889. The van der Waals surface area contributed by atoms with Gasteiger partial charge in [0.25, 0.3) is 0 Å². The number of likely N-dealkylation sites (tertiary alicyclic amines) is 1. The Kier molecular flexibility index (Phi) is 6.64. The number of hydrogen-bond donors (Lipinski definition) is 2. The first kappa shape index (κ1) is 17.2. The molecule has 122 valence electrons. The molecular formula is C16H24BrFN4. The van der Waals surface area contributed by atoms with Gasteiger partial charge in [-0.1, -0.05) is 13.0 Å². The zero-order valence-corrected chi connectivity index (χ0v) is 14.8. The second-order valence-corrected chi connectivity index (χ2v) is 6.33. The van der Waals surface area contributed by atoms with Crippen LogP contribution >= 0.6 is 15.9 Å². The average Bonchev–Trinajstić information content (AvgIpc) is 2.98. The van der Waals surface area contributed by atoms with Crippen LogP contribution in [0.5, 0.6) is 0 Å². The molecule has 0 saturated carbocycles. The fraction of sp³-hybridized carbons (Fsp3) is 0.562. The fourth-order valence-electron chi connectivity index (χ4n) is 2.81. The number of halogens is 2. The van der Waals surface area contributed by atoms with Crippen LogP contribution in [0.3, 0.4) is 0 Å². The standard InChI is InChI=1S/C16H24BrFN4/c1-3-22-8-4-5-13(22)11-21-16(19-2)20-10-12-6-7-14(17)15(18)9-12/h6-7,9,13H,3-5,8,10-11H2,1-2H3,(H2,19,20,21). The van der Waals surface area contributed by atoms with Gasteiger partial charge in [-0.15, -0.1) is 0 Å². The van der Waals surface area contributed by atoms with Gasteiger partial charge in [0, 0.05) is 26.2 Å². The first-order valence-electron chi connectivity index (χ1n) is 7.76. The zero-order valence-electron chi connectivity index (χ0n) is 13.2. The largest absolute Gasteiger partial charge is 0.355 e. The third-order valence-electron chi connectivity index (χ3n) is 4.08. The highest BCUT2D eigenvalue weighted by Gasteiger charge is 2.22. The maximum Gasteiger partial charge on any atom is 0.191 e. The lowest BCUT2D eigenvalue weighted by molar-refractivity contribution is 0.267. The Bertz CT molecular complexity index is 521. The van der Waals surface area contributed by atoms with Gasteiger partial charge in [0.05, 0.1) is 4.47 Å². The molecule has 2 N–H and O–H groups in total. The van der Waals surface area contributed by atoms with Gasteiger partial charge in [-0.05, 0) is 59.6 Å². The van der Waals surface area contributed by atoms with Crippen LogP contribution in [0.1, 0.15) is 25.3 Å². The highest BCUT2D eigenvalue weighted by Crippen LogP contribution is 2.16. The molecule has 1 saturated heterocycles. The summed E-state index contributed by atoms with van der Waals surface area (Å²) in [4.78, 5) is 6.72. The molecule has 0 aromatic heterocycles. The van der Waals surface area contributed by atoms with Crippen LogP contribution in [0.15, 0.2) is 27.7 Å². The van der Waals surface area contributed by atoms with Gasteiger partial charge in [-0.2, -0.15) is 0 Å². The van der Waals surface area contributed by atoms with Crippen molar-refractivity contribution in [3.63, 3.8) is 0 Å². The van der Waals surface area contributed by atoms with E-state index in [2.05, 4.69) is 43.4 Å². The molecular weight excluding hydrogens is 347 g/mol. The fourth-order valence-corrected chi connectivity index (χ4v) is 3.06. The van der Waals surface area contributed by atoms with E-state index in [4.69, 9.17) is 0 Å². The highest BCUT2D eigenvalue weighted by molar-refractivity contribution is 9.10. The van der Waals surface area contributed by atoms with Crippen molar-refractivity contribution in [3.8, 4) is 0 Å². The first-order valence-corrected chi connectivity index (χ1v) is 8.55. The van der Waals surface area contributed by atoms with E-state index in [1.807, 2.05) is 6.07 Å². The lowest BCUT2D eigenvalue weighted by atomic mass is 10.2. The van der Waals surface area contributed by atoms with E-state index in [1.165, 1.54) is 25.5 Å². The molecule has 0 aliphatic carbocycles. The van der Waals surface area contributed by atoms with Gasteiger partial charge in [0.1, 0.15) is 5.82 Å². The molecule has 4 nitrogen and oxygen atoms in total. The molecule has 6 heteroatoms. The molecule has 0 spiro atoms. The second kappa shape index (κ2) is 8.48. The van der Waals surface area contributed by atoms with Gasteiger partial charge in [-0.3, -0.25) is 9.89 Å². The van der Waals surface area contributed by atoms with Gasteiger partial charge in [0.2, 0.25) is 0 Å². The maximum atomic E-state index is 13.5. The lowest BCUT2D eigenvalue weighted by Gasteiger charge is -2.24. The van der Waals surface area contributed by atoms with E-state index in [0.717, 1.165) is 24.6 Å². The van der Waals surface area contributed by atoms with Crippen molar-refractivity contribution >= 4 is 21.9 Å². The van der Waals surface area contributed by atoms with Crippen molar-refractivity contribution in [2.24, 2.45) is 4.99 Å². The number of likely N-dealkylation sites (N-methyl/N-ethyl adjacent to an activating group) is 1. The van der Waals surface area contributed by atoms with E-state index < -0.39 is 0 Å². The van der Waals surface area contributed by atoms with Gasteiger partial charge >= 0.3 is 0 Å². The van der Waals surface area contributed by atoms with Crippen LogP contribution in [0.2, 0.25) is 0 Å². The molecule has 0 radical (unpaired) electrons. The molecule has 1 aliphatic heterocycles. The Balaban J connectivity index is 1.81.